The van der Waals surface area contributed by atoms with E-state index >= 15 is 0 Å². The van der Waals surface area contributed by atoms with E-state index in [4.69, 9.17) is 4.74 Å². The molecule has 3 aromatic rings. The van der Waals surface area contributed by atoms with Crippen molar-refractivity contribution in [2.24, 2.45) is 5.92 Å². The van der Waals surface area contributed by atoms with Gasteiger partial charge in [-0.15, -0.1) is 0 Å². The molecule has 3 aromatic carbocycles. The zero-order chi connectivity index (χ0) is 29.8. The number of ether oxygens (including phenoxy) is 1. The fourth-order valence-corrected chi connectivity index (χ4v) is 6.36. The van der Waals surface area contributed by atoms with Gasteiger partial charge in [-0.3, -0.25) is 9.59 Å². The van der Waals surface area contributed by atoms with Gasteiger partial charge in [0.2, 0.25) is 11.8 Å². The van der Waals surface area contributed by atoms with Crippen molar-refractivity contribution in [1.82, 2.24) is 4.90 Å². The molecule has 0 radical (unpaired) electrons. The number of nitrogens with zero attached hydrogens (tertiary/aromatic N) is 3. The Bertz CT molecular complexity index is 1420. The lowest BCUT2D eigenvalue weighted by molar-refractivity contribution is -0.136. The van der Waals surface area contributed by atoms with Gasteiger partial charge in [0.1, 0.15) is 5.75 Å². The number of hydrogen-bond donors (Lipinski definition) is 2. The van der Waals surface area contributed by atoms with Crippen molar-refractivity contribution in [2.75, 3.05) is 47.1 Å². The number of carbonyl (C=O) groups excluding carboxylic acids is 3. The Morgan fingerprint density at radius 3 is 2.14 bits per heavy atom. The molecule has 3 aliphatic rings. The molecule has 1 aliphatic carbocycles. The number of para-hydroxylation sites is 1. The van der Waals surface area contributed by atoms with Crippen molar-refractivity contribution in [3.8, 4) is 5.75 Å². The molecular weight excluding hydrogens is 542 g/mol. The molecule has 4 amide bonds. The van der Waals surface area contributed by atoms with E-state index in [2.05, 4.69) is 15.5 Å². The van der Waals surface area contributed by atoms with Gasteiger partial charge in [-0.1, -0.05) is 18.2 Å². The third-order valence-electron chi connectivity index (χ3n) is 8.81. The summed E-state index contributed by atoms with van der Waals surface area (Å²) < 4.78 is 6.00. The van der Waals surface area contributed by atoms with Crippen LogP contribution in [-0.4, -0.2) is 61.6 Å². The predicted molar refractivity (Wildman–Crippen MR) is 169 cm³/mol. The van der Waals surface area contributed by atoms with E-state index in [0.29, 0.717) is 24.0 Å². The molecule has 3 fully saturated rings. The van der Waals surface area contributed by atoms with E-state index in [-0.39, 0.29) is 36.2 Å². The maximum absolute atomic E-state index is 13.3. The summed E-state index contributed by atoms with van der Waals surface area (Å²) in [5.41, 5.74) is 3.27. The highest BCUT2D eigenvalue weighted by Crippen LogP contribution is 2.29. The maximum Gasteiger partial charge on any atom is 0.323 e. The largest absolute Gasteiger partial charge is 0.490 e. The van der Waals surface area contributed by atoms with Crippen LogP contribution in [0.2, 0.25) is 0 Å². The Morgan fingerprint density at radius 2 is 1.47 bits per heavy atom. The Labute approximate surface area is 252 Å². The van der Waals surface area contributed by atoms with E-state index in [0.717, 1.165) is 49.5 Å². The molecular formula is C34H39N5O4. The summed E-state index contributed by atoms with van der Waals surface area (Å²) in [5.74, 6) is 0.526. The minimum atomic E-state index is -0.327. The van der Waals surface area contributed by atoms with Crippen molar-refractivity contribution >= 4 is 40.6 Å². The highest BCUT2D eigenvalue weighted by molar-refractivity contribution is 6.01. The van der Waals surface area contributed by atoms with Crippen molar-refractivity contribution in [3.63, 3.8) is 0 Å². The van der Waals surface area contributed by atoms with Crippen molar-refractivity contribution in [2.45, 2.75) is 50.7 Å². The first-order valence-corrected chi connectivity index (χ1v) is 15.2. The Balaban J connectivity index is 0.972. The molecule has 6 rings (SSSR count). The second-order valence-electron chi connectivity index (χ2n) is 11.8. The Morgan fingerprint density at radius 1 is 0.814 bits per heavy atom. The quantitative estimate of drug-likeness (QED) is 0.354. The predicted octanol–water partition coefficient (Wildman–Crippen LogP) is 5.74. The number of likely N-dealkylation sites (N-methyl/N-ethyl adjacent to an activating group) is 1. The number of amides is 4. The molecule has 224 valence electrons. The lowest BCUT2D eigenvalue weighted by Crippen LogP contribution is -2.43. The van der Waals surface area contributed by atoms with Gasteiger partial charge in [-0.25, -0.2) is 4.79 Å². The SMILES string of the molecule is CN(C(=O)C1CC(=O)N(c2ccccc2)C1)C1CCN(c2ccc(NC(=O)Nc3ccc(OC4CCCC4)cc3)cc2)C1. The van der Waals surface area contributed by atoms with Crippen LogP contribution in [0.1, 0.15) is 38.5 Å². The molecule has 2 heterocycles. The summed E-state index contributed by atoms with van der Waals surface area (Å²) in [5, 5.41) is 5.76. The van der Waals surface area contributed by atoms with Gasteiger partial charge >= 0.3 is 6.03 Å². The topological polar surface area (TPSA) is 94.2 Å². The first-order valence-electron chi connectivity index (χ1n) is 15.2. The van der Waals surface area contributed by atoms with Crippen LogP contribution in [0.4, 0.5) is 27.5 Å². The van der Waals surface area contributed by atoms with Crippen LogP contribution in [0.5, 0.6) is 5.75 Å². The summed E-state index contributed by atoms with van der Waals surface area (Å²) in [7, 11) is 1.86. The van der Waals surface area contributed by atoms with Gasteiger partial charge in [0.15, 0.2) is 0 Å². The first kappa shape index (κ1) is 28.6. The summed E-state index contributed by atoms with van der Waals surface area (Å²) in [4.78, 5) is 44.4. The smallest absolute Gasteiger partial charge is 0.323 e. The highest BCUT2D eigenvalue weighted by Gasteiger charge is 2.39. The van der Waals surface area contributed by atoms with Crippen LogP contribution in [0, 0.1) is 5.92 Å². The van der Waals surface area contributed by atoms with Crippen LogP contribution < -0.4 is 25.2 Å². The summed E-state index contributed by atoms with van der Waals surface area (Å²) in [6.07, 6.45) is 6.07. The fraction of sp³-hybridized carbons (Fsp3) is 0.382. The van der Waals surface area contributed by atoms with E-state index in [9.17, 15) is 14.4 Å². The highest BCUT2D eigenvalue weighted by atomic mass is 16.5. The first-order chi connectivity index (χ1) is 20.9. The third-order valence-corrected chi connectivity index (χ3v) is 8.81. The summed E-state index contributed by atoms with van der Waals surface area (Å²) >= 11 is 0. The molecule has 2 atom stereocenters. The van der Waals surface area contributed by atoms with Gasteiger partial charge in [0.25, 0.3) is 0 Å². The number of carbonyl (C=O) groups is 3. The second kappa shape index (κ2) is 12.8. The van der Waals surface area contributed by atoms with Crippen LogP contribution in [-0.2, 0) is 9.59 Å². The molecule has 9 heteroatoms. The molecule has 2 saturated heterocycles. The van der Waals surface area contributed by atoms with Gasteiger partial charge in [-0.2, -0.15) is 0 Å². The van der Waals surface area contributed by atoms with Gasteiger partial charge in [0, 0.05) is 55.9 Å². The minimum Gasteiger partial charge on any atom is -0.490 e. The molecule has 9 nitrogen and oxygen atoms in total. The van der Waals surface area contributed by atoms with Crippen LogP contribution in [0.15, 0.2) is 78.9 Å². The molecule has 1 saturated carbocycles. The standard InChI is InChI=1S/C34H39N5O4/c1-37(33(41)24-21-32(40)39(22-24)28-7-3-2-4-8-28)29-19-20-38(23-29)27-15-11-25(12-16-27)35-34(42)36-26-13-17-31(18-14-26)43-30-9-5-6-10-30/h2-4,7-8,11-18,24,29-30H,5-6,9-10,19-23H2,1H3,(H2,35,36,42). The Hall–Kier alpha value is -4.53. The number of anilines is 4. The zero-order valence-corrected chi connectivity index (χ0v) is 24.6. The molecule has 0 spiro atoms. The third kappa shape index (κ3) is 6.77. The van der Waals surface area contributed by atoms with Gasteiger partial charge in [0.05, 0.1) is 18.1 Å². The minimum absolute atomic E-state index is 0.00423. The number of benzene rings is 3. The molecule has 2 unspecified atom stereocenters. The zero-order valence-electron chi connectivity index (χ0n) is 24.6. The molecule has 2 aliphatic heterocycles. The monoisotopic (exact) mass is 581 g/mol. The van der Waals surface area contributed by atoms with Gasteiger partial charge in [-0.05, 0) is 92.8 Å². The fourth-order valence-electron chi connectivity index (χ4n) is 6.36. The van der Waals surface area contributed by atoms with E-state index in [1.165, 1.54) is 12.8 Å². The van der Waals surface area contributed by atoms with E-state index in [1.54, 1.807) is 4.90 Å². The van der Waals surface area contributed by atoms with Crippen LogP contribution in [0.25, 0.3) is 0 Å². The lowest BCUT2D eigenvalue weighted by Gasteiger charge is -2.28. The molecule has 43 heavy (non-hydrogen) atoms. The number of nitrogens with one attached hydrogen (secondary N) is 2. The molecule has 2 N–H and O–H groups in total. The van der Waals surface area contributed by atoms with Crippen LogP contribution in [0.3, 0.4) is 0 Å². The molecule has 0 aromatic heterocycles. The van der Waals surface area contributed by atoms with E-state index < -0.39 is 0 Å². The number of hydrogen-bond acceptors (Lipinski definition) is 5. The number of rotatable bonds is 8. The average Bonchev–Trinajstić information content (AvgIpc) is 3.80. The van der Waals surface area contributed by atoms with Crippen molar-refractivity contribution in [3.05, 3.63) is 78.9 Å². The second-order valence-corrected chi connectivity index (χ2v) is 11.8. The average molecular weight is 582 g/mol. The van der Waals surface area contributed by atoms with Gasteiger partial charge < -0.3 is 30.1 Å². The van der Waals surface area contributed by atoms with Crippen LogP contribution >= 0.6 is 0 Å². The maximum atomic E-state index is 13.3. The molecule has 0 bridgehead atoms. The number of urea groups is 1. The summed E-state index contributed by atoms with van der Waals surface area (Å²) in [6, 6.07) is 24.5. The van der Waals surface area contributed by atoms with Crippen molar-refractivity contribution in [1.29, 1.82) is 0 Å². The van der Waals surface area contributed by atoms with Crippen molar-refractivity contribution < 1.29 is 19.1 Å². The van der Waals surface area contributed by atoms with E-state index in [1.807, 2.05) is 90.8 Å². The summed E-state index contributed by atoms with van der Waals surface area (Å²) in [6.45, 7) is 1.97. The lowest BCUT2D eigenvalue weighted by atomic mass is 10.1. The normalized spacial score (nSPS) is 20.3. The Kier molecular flexibility index (Phi) is 8.49.